The van der Waals surface area contributed by atoms with Crippen molar-refractivity contribution >= 4 is 12.6 Å². The molecule has 0 aliphatic carbocycles. The Morgan fingerprint density at radius 2 is 2.38 bits per heavy atom. The van der Waals surface area contributed by atoms with Gasteiger partial charge in [-0.15, -0.1) is 22.8 Å². The Bertz CT molecular complexity index is 146. The molecule has 1 radical (unpaired) electrons. The van der Waals surface area contributed by atoms with E-state index in [4.69, 9.17) is 5.84 Å². The van der Waals surface area contributed by atoms with Crippen molar-refractivity contribution in [2.45, 2.75) is 5.16 Å². The SMILES string of the molecule is Nn1cnnc1S.[Ag]. The van der Waals surface area contributed by atoms with Gasteiger partial charge in [-0.05, 0) is 0 Å². The minimum atomic E-state index is 0. The molecule has 0 bridgehead atoms. The van der Waals surface area contributed by atoms with Crippen LogP contribution in [0.5, 0.6) is 0 Å². The van der Waals surface area contributed by atoms with Crippen molar-refractivity contribution in [2.75, 3.05) is 5.84 Å². The zero-order chi connectivity index (χ0) is 5.28. The molecule has 8 heavy (non-hydrogen) atoms. The molecular weight excluding hydrogens is 220 g/mol. The van der Waals surface area contributed by atoms with Gasteiger partial charge in [-0.3, -0.25) is 0 Å². The second kappa shape index (κ2) is 3.14. The second-order valence-corrected chi connectivity index (χ2v) is 1.44. The molecule has 0 amide bonds. The molecule has 1 heterocycles. The summed E-state index contributed by atoms with van der Waals surface area (Å²) in [6, 6.07) is 0. The van der Waals surface area contributed by atoms with Crippen LogP contribution in [0.15, 0.2) is 11.5 Å². The molecule has 49 valence electrons. The van der Waals surface area contributed by atoms with E-state index >= 15 is 0 Å². The molecule has 6 heteroatoms. The maximum absolute atomic E-state index is 5.16. The van der Waals surface area contributed by atoms with Gasteiger partial charge in [0.1, 0.15) is 6.33 Å². The Hall–Kier alpha value is 0.0303. The van der Waals surface area contributed by atoms with E-state index < -0.39 is 0 Å². The molecule has 0 aromatic carbocycles. The van der Waals surface area contributed by atoms with E-state index in [2.05, 4.69) is 22.8 Å². The average Bonchev–Trinajstić information content (AvgIpc) is 1.91. The van der Waals surface area contributed by atoms with E-state index in [1.54, 1.807) is 0 Å². The number of aromatic nitrogens is 3. The van der Waals surface area contributed by atoms with Crippen molar-refractivity contribution in [1.29, 1.82) is 0 Å². The monoisotopic (exact) mass is 223 g/mol. The molecule has 1 aromatic heterocycles. The van der Waals surface area contributed by atoms with Crippen LogP contribution in [-0.4, -0.2) is 14.9 Å². The summed E-state index contributed by atoms with van der Waals surface area (Å²) < 4.78 is 1.23. The summed E-state index contributed by atoms with van der Waals surface area (Å²) in [6.45, 7) is 0. The zero-order valence-electron chi connectivity index (χ0n) is 3.75. The van der Waals surface area contributed by atoms with Gasteiger partial charge in [0.15, 0.2) is 0 Å². The minimum absolute atomic E-state index is 0. The third kappa shape index (κ3) is 1.52. The Kier molecular flexibility index (Phi) is 3.15. The summed E-state index contributed by atoms with van der Waals surface area (Å²) in [7, 11) is 0. The number of nitrogens with two attached hydrogens (primary N) is 1. The standard InChI is InChI=1S/C2H4N4S.Ag/c3-6-1-4-5-2(6)7;/h1H,3H2,(H,5,7);. The molecule has 0 aliphatic heterocycles. The fraction of sp³-hybridized carbons (Fsp3) is 0. The van der Waals surface area contributed by atoms with Crippen LogP contribution in [0.2, 0.25) is 0 Å². The van der Waals surface area contributed by atoms with Gasteiger partial charge in [0, 0.05) is 22.4 Å². The number of nitrogen functional groups attached to an aromatic ring is 1. The van der Waals surface area contributed by atoms with Crippen molar-refractivity contribution < 1.29 is 22.4 Å². The van der Waals surface area contributed by atoms with Crippen LogP contribution >= 0.6 is 12.6 Å². The van der Waals surface area contributed by atoms with E-state index in [1.807, 2.05) is 0 Å². The Balaban J connectivity index is 0.000000490. The van der Waals surface area contributed by atoms with E-state index in [1.165, 1.54) is 11.0 Å². The first-order valence-corrected chi connectivity index (χ1v) is 2.09. The Labute approximate surface area is 67.4 Å². The number of rotatable bonds is 0. The van der Waals surface area contributed by atoms with Crippen molar-refractivity contribution in [2.24, 2.45) is 0 Å². The number of hydrogen-bond acceptors (Lipinski definition) is 4. The molecule has 4 nitrogen and oxygen atoms in total. The summed E-state index contributed by atoms with van der Waals surface area (Å²) in [4.78, 5) is 0. The summed E-state index contributed by atoms with van der Waals surface area (Å²) >= 11 is 3.81. The van der Waals surface area contributed by atoms with Crippen LogP contribution < -0.4 is 5.84 Å². The molecule has 2 N–H and O–H groups in total. The quantitative estimate of drug-likeness (QED) is 0.347. The normalized spacial score (nSPS) is 8.12. The Morgan fingerprint density at radius 3 is 2.50 bits per heavy atom. The van der Waals surface area contributed by atoms with Gasteiger partial charge >= 0.3 is 0 Å². The van der Waals surface area contributed by atoms with Gasteiger partial charge in [0.25, 0.3) is 0 Å². The molecule has 0 fully saturated rings. The molecule has 1 aromatic rings. The average molecular weight is 224 g/mol. The summed E-state index contributed by atoms with van der Waals surface area (Å²) in [5.74, 6) is 5.16. The van der Waals surface area contributed by atoms with Gasteiger partial charge < -0.3 is 5.84 Å². The van der Waals surface area contributed by atoms with Crippen molar-refractivity contribution in [3.8, 4) is 0 Å². The predicted molar refractivity (Wildman–Crippen MR) is 27.4 cm³/mol. The third-order valence-electron chi connectivity index (χ3n) is 0.554. The van der Waals surface area contributed by atoms with Crippen LogP contribution in [0.3, 0.4) is 0 Å². The van der Waals surface area contributed by atoms with Gasteiger partial charge in [0.2, 0.25) is 5.16 Å². The molecule has 0 unspecified atom stereocenters. The molecular formula is C2H4AgN4S. The molecule has 0 saturated carbocycles. The maximum Gasteiger partial charge on any atom is 0.206 e. The van der Waals surface area contributed by atoms with E-state index in [-0.39, 0.29) is 22.4 Å². The van der Waals surface area contributed by atoms with E-state index in [0.29, 0.717) is 5.16 Å². The van der Waals surface area contributed by atoms with Gasteiger partial charge in [-0.2, -0.15) is 0 Å². The van der Waals surface area contributed by atoms with Gasteiger partial charge in [0.05, 0.1) is 0 Å². The Morgan fingerprint density at radius 1 is 1.75 bits per heavy atom. The molecule has 1 rings (SSSR count). The number of thiol groups is 1. The molecule has 0 aliphatic rings. The van der Waals surface area contributed by atoms with Crippen LogP contribution in [0, 0.1) is 0 Å². The second-order valence-electron chi connectivity index (χ2n) is 1.04. The third-order valence-corrected chi connectivity index (χ3v) is 0.875. The maximum atomic E-state index is 5.16. The minimum Gasteiger partial charge on any atom is -0.336 e. The number of nitrogens with zero attached hydrogens (tertiary/aromatic N) is 3. The smallest absolute Gasteiger partial charge is 0.206 e. The van der Waals surface area contributed by atoms with E-state index in [0.717, 1.165) is 0 Å². The first-order chi connectivity index (χ1) is 3.30. The van der Waals surface area contributed by atoms with Crippen LogP contribution in [-0.2, 0) is 22.4 Å². The molecule has 0 atom stereocenters. The number of hydrogen-bond donors (Lipinski definition) is 2. The fourth-order valence-corrected chi connectivity index (χ4v) is 0.340. The predicted octanol–water partition coefficient (Wildman–Crippen LogP) is -0.722. The first kappa shape index (κ1) is 8.03. The summed E-state index contributed by atoms with van der Waals surface area (Å²) in [6.07, 6.45) is 1.38. The van der Waals surface area contributed by atoms with Crippen molar-refractivity contribution in [3.63, 3.8) is 0 Å². The van der Waals surface area contributed by atoms with Crippen LogP contribution in [0.4, 0.5) is 0 Å². The fourth-order valence-electron chi connectivity index (χ4n) is 0.236. The van der Waals surface area contributed by atoms with Gasteiger partial charge in [-0.25, -0.2) is 4.68 Å². The van der Waals surface area contributed by atoms with E-state index in [9.17, 15) is 0 Å². The van der Waals surface area contributed by atoms with Crippen molar-refractivity contribution in [3.05, 3.63) is 6.33 Å². The first-order valence-electron chi connectivity index (χ1n) is 1.65. The van der Waals surface area contributed by atoms with Gasteiger partial charge in [-0.1, -0.05) is 0 Å². The topological polar surface area (TPSA) is 56.7 Å². The summed E-state index contributed by atoms with van der Waals surface area (Å²) in [5, 5.41) is 7.32. The summed E-state index contributed by atoms with van der Waals surface area (Å²) in [5.41, 5.74) is 0. The molecule has 0 spiro atoms. The van der Waals surface area contributed by atoms with Crippen LogP contribution in [0.1, 0.15) is 0 Å². The largest absolute Gasteiger partial charge is 0.336 e. The van der Waals surface area contributed by atoms with Crippen LogP contribution in [0.25, 0.3) is 0 Å². The zero-order valence-corrected chi connectivity index (χ0v) is 6.12. The molecule has 0 saturated heterocycles. The van der Waals surface area contributed by atoms with Crippen molar-refractivity contribution in [1.82, 2.24) is 14.9 Å².